The Labute approximate surface area is 167 Å². The Balaban J connectivity index is 1.91. The Bertz CT molecular complexity index is 998. The Morgan fingerprint density at radius 3 is 1.50 bits per heavy atom. The Morgan fingerprint density at radius 2 is 1.04 bits per heavy atom. The zero-order valence-corrected chi connectivity index (χ0v) is 17.1. The molecule has 0 spiro atoms. The molecule has 0 saturated carbocycles. The Kier molecular flexibility index (Phi) is 6.09. The van der Waals surface area contributed by atoms with Crippen LogP contribution in [0.15, 0.2) is 81.1 Å². The van der Waals surface area contributed by atoms with Gasteiger partial charge in [0.15, 0.2) is 0 Å². The maximum Gasteiger partial charge on any atom is 0.0895 e. The summed E-state index contributed by atoms with van der Waals surface area (Å²) in [4.78, 5) is 0. The lowest BCUT2D eigenvalue weighted by molar-refractivity contribution is 0.862. The third-order valence-electron chi connectivity index (χ3n) is 4.58. The van der Waals surface area contributed by atoms with Crippen LogP contribution in [0.1, 0.15) is 42.0 Å². The minimum atomic E-state index is 0.306. The predicted molar refractivity (Wildman–Crippen MR) is 116 cm³/mol. The van der Waals surface area contributed by atoms with E-state index in [2.05, 4.69) is 54.2 Å². The van der Waals surface area contributed by atoms with Gasteiger partial charge in [-0.25, -0.2) is 0 Å². The molecule has 0 unspecified atom stereocenters. The van der Waals surface area contributed by atoms with E-state index in [1.54, 1.807) is 0 Å². The summed E-state index contributed by atoms with van der Waals surface area (Å²) in [6, 6.07) is 20.2. The van der Waals surface area contributed by atoms with Crippen molar-refractivity contribution in [3.8, 4) is 0 Å². The van der Waals surface area contributed by atoms with Gasteiger partial charge in [-0.1, -0.05) is 49.2 Å². The van der Waals surface area contributed by atoms with Crippen molar-refractivity contribution in [1.82, 2.24) is 0 Å². The van der Waals surface area contributed by atoms with Crippen molar-refractivity contribution in [2.45, 2.75) is 40.5 Å². The molecule has 3 rings (SSSR count). The lowest BCUT2D eigenvalue weighted by Gasteiger charge is -2.11. The van der Waals surface area contributed by atoms with Gasteiger partial charge in [-0.15, -0.1) is 0 Å². The van der Waals surface area contributed by atoms with E-state index >= 15 is 0 Å². The van der Waals surface area contributed by atoms with E-state index in [0.29, 0.717) is 5.92 Å². The summed E-state index contributed by atoms with van der Waals surface area (Å²) < 4.78 is 0. The first-order chi connectivity index (χ1) is 13.4. The highest BCUT2D eigenvalue weighted by atomic mass is 15.1. The number of rotatable bonds is 5. The zero-order valence-electron chi connectivity index (χ0n) is 17.1. The van der Waals surface area contributed by atoms with Crippen LogP contribution in [0.3, 0.4) is 0 Å². The van der Waals surface area contributed by atoms with Gasteiger partial charge in [-0.3, -0.25) is 0 Å². The summed E-state index contributed by atoms with van der Waals surface area (Å²) in [5, 5.41) is 17.8. The molecule has 0 fully saturated rings. The molecule has 0 bridgehead atoms. The fraction of sp³-hybridized carbons (Fsp3) is 0.250. The molecular weight excluding hydrogens is 344 g/mol. The van der Waals surface area contributed by atoms with Gasteiger partial charge in [0.1, 0.15) is 0 Å². The van der Waals surface area contributed by atoms with E-state index in [1.807, 2.05) is 61.5 Å². The standard InChI is InChI=1S/C24H26N4/c1-16(2)22-15-23(27-25-20-10-6-17(3)7-11-20)19(5)14-24(22)28-26-21-12-8-18(4)9-13-21/h6-16H,1-5H3. The number of aryl methyl sites for hydroxylation is 3. The minimum absolute atomic E-state index is 0.306. The topological polar surface area (TPSA) is 49.4 Å². The van der Waals surface area contributed by atoms with Crippen molar-refractivity contribution in [1.29, 1.82) is 0 Å². The number of hydrogen-bond acceptors (Lipinski definition) is 4. The van der Waals surface area contributed by atoms with Crippen molar-refractivity contribution in [3.63, 3.8) is 0 Å². The van der Waals surface area contributed by atoms with Gasteiger partial charge in [-0.2, -0.15) is 20.5 Å². The largest absolute Gasteiger partial charge is 0.151 e. The van der Waals surface area contributed by atoms with Crippen LogP contribution < -0.4 is 0 Å². The first kappa shape index (κ1) is 19.6. The fourth-order valence-electron chi connectivity index (χ4n) is 2.80. The lowest BCUT2D eigenvalue weighted by Crippen LogP contribution is -1.89. The fourth-order valence-corrected chi connectivity index (χ4v) is 2.80. The highest BCUT2D eigenvalue weighted by molar-refractivity contribution is 5.60. The molecule has 0 N–H and O–H groups in total. The molecule has 0 aliphatic rings. The van der Waals surface area contributed by atoms with Crippen LogP contribution in [0.2, 0.25) is 0 Å². The van der Waals surface area contributed by atoms with Crippen molar-refractivity contribution in [2.24, 2.45) is 20.5 Å². The van der Waals surface area contributed by atoms with E-state index in [4.69, 9.17) is 0 Å². The molecule has 28 heavy (non-hydrogen) atoms. The van der Waals surface area contributed by atoms with Crippen molar-refractivity contribution in [2.75, 3.05) is 0 Å². The molecule has 0 amide bonds. The van der Waals surface area contributed by atoms with Crippen molar-refractivity contribution < 1.29 is 0 Å². The molecule has 0 aliphatic carbocycles. The summed E-state index contributed by atoms with van der Waals surface area (Å²) >= 11 is 0. The van der Waals surface area contributed by atoms with Crippen LogP contribution in [0, 0.1) is 20.8 Å². The minimum Gasteiger partial charge on any atom is -0.151 e. The van der Waals surface area contributed by atoms with Gasteiger partial charge < -0.3 is 0 Å². The predicted octanol–water partition coefficient (Wildman–Crippen LogP) is 8.57. The van der Waals surface area contributed by atoms with Crippen LogP contribution in [0.4, 0.5) is 22.7 Å². The average Bonchev–Trinajstić information content (AvgIpc) is 2.67. The zero-order chi connectivity index (χ0) is 20.1. The van der Waals surface area contributed by atoms with Crippen LogP contribution in [0.25, 0.3) is 0 Å². The van der Waals surface area contributed by atoms with Crippen molar-refractivity contribution >= 4 is 22.7 Å². The summed E-state index contributed by atoms with van der Waals surface area (Å²) in [7, 11) is 0. The summed E-state index contributed by atoms with van der Waals surface area (Å²) in [5.41, 5.74) is 7.99. The number of hydrogen-bond donors (Lipinski definition) is 0. The molecule has 3 aromatic rings. The maximum atomic E-state index is 4.51. The van der Waals surface area contributed by atoms with Crippen molar-refractivity contribution in [3.05, 3.63) is 82.9 Å². The smallest absolute Gasteiger partial charge is 0.0895 e. The molecule has 0 radical (unpaired) electrons. The second-order valence-corrected chi connectivity index (χ2v) is 7.42. The first-order valence-corrected chi connectivity index (χ1v) is 9.54. The number of benzene rings is 3. The molecule has 142 valence electrons. The SMILES string of the molecule is Cc1ccc(N=Nc2cc(C(C)C)c(N=Nc3ccc(C)cc3)cc2C)cc1. The van der Waals surface area contributed by atoms with Crippen LogP contribution in [-0.2, 0) is 0 Å². The summed E-state index contributed by atoms with van der Waals surface area (Å²) in [5.74, 6) is 0.306. The van der Waals surface area contributed by atoms with E-state index in [1.165, 1.54) is 11.1 Å². The lowest BCUT2D eigenvalue weighted by atomic mass is 9.98. The number of azo groups is 2. The molecule has 3 aromatic carbocycles. The molecule has 0 aromatic heterocycles. The first-order valence-electron chi connectivity index (χ1n) is 9.54. The van der Waals surface area contributed by atoms with Gasteiger partial charge in [-0.05, 0) is 74.2 Å². The second-order valence-electron chi connectivity index (χ2n) is 7.42. The van der Waals surface area contributed by atoms with E-state index in [0.717, 1.165) is 33.9 Å². The molecule has 0 saturated heterocycles. The Hall–Kier alpha value is -3.14. The quantitative estimate of drug-likeness (QED) is 0.404. The van der Waals surface area contributed by atoms with Gasteiger partial charge in [0.05, 0.1) is 22.7 Å². The van der Waals surface area contributed by atoms with Gasteiger partial charge >= 0.3 is 0 Å². The molecule has 0 heterocycles. The highest BCUT2D eigenvalue weighted by Crippen LogP contribution is 2.35. The summed E-state index contributed by atoms with van der Waals surface area (Å²) in [6.45, 7) is 10.4. The van der Waals surface area contributed by atoms with Crippen LogP contribution >= 0.6 is 0 Å². The monoisotopic (exact) mass is 370 g/mol. The Morgan fingerprint density at radius 1 is 0.571 bits per heavy atom. The van der Waals surface area contributed by atoms with Crippen LogP contribution in [0.5, 0.6) is 0 Å². The van der Waals surface area contributed by atoms with Gasteiger partial charge in [0, 0.05) is 0 Å². The van der Waals surface area contributed by atoms with Gasteiger partial charge in [0.2, 0.25) is 0 Å². The average molecular weight is 371 g/mol. The number of nitrogens with zero attached hydrogens (tertiary/aromatic N) is 4. The molecule has 0 atom stereocenters. The highest BCUT2D eigenvalue weighted by Gasteiger charge is 2.11. The normalized spacial score (nSPS) is 11.8. The van der Waals surface area contributed by atoms with E-state index < -0.39 is 0 Å². The summed E-state index contributed by atoms with van der Waals surface area (Å²) in [6.07, 6.45) is 0. The molecular formula is C24H26N4. The third-order valence-corrected chi connectivity index (χ3v) is 4.58. The van der Waals surface area contributed by atoms with E-state index in [-0.39, 0.29) is 0 Å². The van der Waals surface area contributed by atoms with E-state index in [9.17, 15) is 0 Å². The third kappa shape index (κ3) is 4.97. The molecule has 4 nitrogen and oxygen atoms in total. The molecule has 0 aliphatic heterocycles. The van der Waals surface area contributed by atoms with Crippen LogP contribution in [-0.4, -0.2) is 0 Å². The van der Waals surface area contributed by atoms with Gasteiger partial charge in [0.25, 0.3) is 0 Å². The molecule has 4 heteroatoms. The second kappa shape index (κ2) is 8.70. The maximum absolute atomic E-state index is 4.51.